The Labute approximate surface area is 111 Å². The van der Waals surface area contributed by atoms with E-state index in [1.165, 1.54) is 0 Å². The molecule has 96 valence electrons. The zero-order chi connectivity index (χ0) is 13.2. The summed E-state index contributed by atoms with van der Waals surface area (Å²) < 4.78 is 22.6. The lowest BCUT2D eigenvalue weighted by Crippen LogP contribution is -2.32. The third kappa shape index (κ3) is 3.15. The summed E-state index contributed by atoms with van der Waals surface area (Å²) in [6, 6.07) is 7.29. The van der Waals surface area contributed by atoms with Crippen molar-refractivity contribution in [3.05, 3.63) is 28.8 Å². The minimum Gasteiger partial charge on any atom is -0.382 e. The Morgan fingerprint density at radius 3 is 2.56 bits per heavy atom. The maximum atomic E-state index is 11.3. The number of nitriles is 1. The van der Waals surface area contributed by atoms with Crippen molar-refractivity contribution in [2.24, 2.45) is 0 Å². The van der Waals surface area contributed by atoms with Gasteiger partial charge in [-0.05, 0) is 31.0 Å². The van der Waals surface area contributed by atoms with Crippen LogP contribution in [0.3, 0.4) is 0 Å². The third-order valence-electron chi connectivity index (χ3n) is 3.01. The van der Waals surface area contributed by atoms with Crippen LogP contribution in [0.25, 0.3) is 0 Å². The van der Waals surface area contributed by atoms with Gasteiger partial charge in [0.2, 0.25) is 0 Å². The Balaban J connectivity index is 2.03. The van der Waals surface area contributed by atoms with Gasteiger partial charge in [0, 0.05) is 11.7 Å². The Morgan fingerprint density at radius 1 is 1.33 bits per heavy atom. The molecule has 0 atom stereocenters. The predicted octanol–water partition coefficient (Wildman–Crippen LogP) is 2.20. The van der Waals surface area contributed by atoms with Crippen LogP contribution in [-0.4, -0.2) is 26.0 Å². The van der Waals surface area contributed by atoms with Crippen molar-refractivity contribution in [1.29, 1.82) is 5.26 Å². The smallest absolute Gasteiger partial charge is 0.150 e. The van der Waals surface area contributed by atoms with Crippen LogP contribution in [-0.2, 0) is 9.84 Å². The lowest BCUT2D eigenvalue weighted by molar-refractivity contribution is 0.559. The molecule has 1 aromatic rings. The van der Waals surface area contributed by atoms with Gasteiger partial charge in [0.1, 0.15) is 15.9 Å². The van der Waals surface area contributed by atoms with Gasteiger partial charge < -0.3 is 5.32 Å². The fourth-order valence-electron chi connectivity index (χ4n) is 1.97. The first-order valence-corrected chi connectivity index (χ1v) is 7.87. The topological polar surface area (TPSA) is 70.0 Å². The Hall–Kier alpha value is -1.25. The highest BCUT2D eigenvalue weighted by Gasteiger charge is 2.23. The zero-order valence-electron chi connectivity index (χ0n) is 9.69. The van der Waals surface area contributed by atoms with Crippen LogP contribution in [0.1, 0.15) is 18.4 Å². The molecule has 0 spiro atoms. The number of rotatable bonds is 2. The highest BCUT2D eigenvalue weighted by atomic mass is 35.5. The van der Waals surface area contributed by atoms with E-state index < -0.39 is 9.84 Å². The quantitative estimate of drug-likeness (QED) is 0.904. The fourth-order valence-corrected chi connectivity index (χ4v) is 3.68. The number of sulfone groups is 1. The molecule has 1 N–H and O–H groups in total. The van der Waals surface area contributed by atoms with Crippen molar-refractivity contribution < 1.29 is 8.42 Å². The largest absolute Gasteiger partial charge is 0.382 e. The van der Waals surface area contributed by atoms with Crippen LogP contribution in [0.2, 0.25) is 5.02 Å². The van der Waals surface area contributed by atoms with Crippen molar-refractivity contribution in [2.75, 3.05) is 16.8 Å². The highest BCUT2D eigenvalue weighted by Crippen LogP contribution is 2.23. The van der Waals surface area contributed by atoms with Crippen molar-refractivity contribution in [1.82, 2.24) is 0 Å². The molecule has 18 heavy (non-hydrogen) atoms. The number of nitrogens with one attached hydrogen (secondary N) is 1. The summed E-state index contributed by atoms with van der Waals surface area (Å²) in [6.07, 6.45) is 1.22. The van der Waals surface area contributed by atoms with Crippen molar-refractivity contribution in [3.8, 4) is 6.07 Å². The second-order valence-corrected chi connectivity index (χ2v) is 7.09. The minimum atomic E-state index is -2.84. The monoisotopic (exact) mass is 284 g/mol. The Kier molecular flexibility index (Phi) is 3.79. The van der Waals surface area contributed by atoms with E-state index in [4.69, 9.17) is 16.9 Å². The summed E-state index contributed by atoms with van der Waals surface area (Å²) in [5.74, 6) is 0.462. The summed E-state index contributed by atoms with van der Waals surface area (Å²) in [6.45, 7) is 0. The molecule has 0 radical (unpaired) electrons. The van der Waals surface area contributed by atoms with Crippen LogP contribution in [0.4, 0.5) is 5.69 Å². The Morgan fingerprint density at radius 2 is 2.00 bits per heavy atom. The molecule has 0 saturated carbocycles. The van der Waals surface area contributed by atoms with Crippen LogP contribution in [0, 0.1) is 11.3 Å². The first-order valence-electron chi connectivity index (χ1n) is 5.67. The molecule has 0 bridgehead atoms. The first kappa shape index (κ1) is 13.2. The van der Waals surface area contributed by atoms with Crippen LogP contribution in [0.15, 0.2) is 18.2 Å². The molecule has 0 aromatic heterocycles. The summed E-state index contributed by atoms with van der Waals surface area (Å²) >= 11 is 5.93. The summed E-state index contributed by atoms with van der Waals surface area (Å²) in [7, 11) is -2.84. The van der Waals surface area contributed by atoms with Crippen LogP contribution >= 0.6 is 11.6 Å². The van der Waals surface area contributed by atoms with Crippen LogP contribution in [0.5, 0.6) is 0 Å². The second-order valence-electron chi connectivity index (χ2n) is 4.38. The minimum absolute atomic E-state index is 0.150. The molecular formula is C12H13ClN2O2S. The average molecular weight is 285 g/mol. The van der Waals surface area contributed by atoms with E-state index in [-0.39, 0.29) is 17.5 Å². The first-order chi connectivity index (χ1) is 8.50. The SMILES string of the molecule is N#Cc1ccc(NC2CCS(=O)(=O)CC2)cc1Cl. The number of nitrogens with zero attached hydrogens (tertiary/aromatic N) is 1. The van der Waals surface area contributed by atoms with Gasteiger partial charge in [-0.15, -0.1) is 0 Å². The van der Waals surface area contributed by atoms with E-state index in [0.29, 0.717) is 23.4 Å². The van der Waals surface area contributed by atoms with Gasteiger partial charge in [-0.2, -0.15) is 5.26 Å². The van der Waals surface area contributed by atoms with E-state index in [9.17, 15) is 8.42 Å². The van der Waals surface area contributed by atoms with Crippen molar-refractivity contribution in [2.45, 2.75) is 18.9 Å². The lowest BCUT2D eigenvalue weighted by atomic mass is 10.1. The molecule has 0 aliphatic carbocycles. The van der Waals surface area contributed by atoms with Gasteiger partial charge in [-0.25, -0.2) is 8.42 Å². The lowest BCUT2D eigenvalue weighted by Gasteiger charge is -2.24. The van der Waals surface area contributed by atoms with Crippen molar-refractivity contribution in [3.63, 3.8) is 0 Å². The highest BCUT2D eigenvalue weighted by molar-refractivity contribution is 7.91. The van der Waals surface area contributed by atoms with E-state index in [2.05, 4.69) is 5.32 Å². The fraction of sp³-hybridized carbons (Fsp3) is 0.417. The van der Waals surface area contributed by atoms with Gasteiger partial charge in [0.05, 0.1) is 22.1 Å². The summed E-state index contributed by atoms with van der Waals surface area (Å²) in [5, 5.41) is 12.4. The molecular weight excluding hydrogens is 272 g/mol. The number of anilines is 1. The normalized spacial score (nSPS) is 19.1. The molecule has 1 saturated heterocycles. The molecule has 1 fully saturated rings. The summed E-state index contributed by atoms with van der Waals surface area (Å²) in [4.78, 5) is 0. The molecule has 1 heterocycles. The molecule has 4 nitrogen and oxygen atoms in total. The number of hydrogen-bond donors (Lipinski definition) is 1. The second kappa shape index (κ2) is 5.17. The molecule has 1 aliphatic heterocycles. The standard InChI is InChI=1S/C12H13ClN2O2S/c13-12-7-11(2-1-9(12)8-14)15-10-3-5-18(16,17)6-4-10/h1-2,7,10,15H,3-6H2. The van der Waals surface area contributed by atoms with Gasteiger partial charge >= 0.3 is 0 Å². The molecule has 0 unspecified atom stereocenters. The third-order valence-corrected chi connectivity index (χ3v) is 5.04. The van der Waals surface area contributed by atoms with Crippen LogP contribution < -0.4 is 5.32 Å². The number of halogens is 1. The van der Waals surface area contributed by atoms with Gasteiger partial charge in [0.25, 0.3) is 0 Å². The molecule has 1 aliphatic rings. The number of hydrogen-bond acceptors (Lipinski definition) is 4. The zero-order valence-corrected chi connectivity index (χ0v) is 11.3. The van der Waals surface area contributed by atoms with Gasteiger partial charge in [0.15, 0.2) is 0 Å². The summed E-state index contributed by atoms with van der Waals surface area (Å²) in [5.41, 5.74) is 1.26. The van der Waals surface area contributed by atoms with Gasteiger partial charge in [-0.1, -0.05) is 11.6 Å². The molecule has 0 amide bonds. The maximum Gasteiger partial charge on any atom is 0.150 e. The van der Waals surface area contributed by atoms with E-state index in [1.807, 2.05) is 6.07 Å². The molecule has 2 rings (SSSR count). The maximum absolute atomic E-state index is 11.3. The van der Waals surface area contributed by atoms with E-state index >= 15 is 0 Å². The van der Waals surface area contributed by atoms with Crippen molar-refractivity contribution >= 4 is 27.1 Å². The number of benzene rings is 1. The van der Waals surface area contributed by atoms with E-state index in [0.717, 1.165) is 5.69 Å². The molecule has 1 aromatic carbocycles. The molecule has 6 heteroatoms. The predicted molar refractivity (Wildman–Crippen MR) is 71.5 cm³/mol. The Bertz CT molecular complexity index is 579. The average Bonchev–Trinajstić information content (AvgIpc) is 2.32. The van der Waals surface area contributed by atoms with Gasteiger partial charge in [-0.3, -0.25) is 0 Å². The van der Waals surface area contributed by atoms with E-state index in [1.54, 1.807) is 18.2 Å².